The summed E-state index contributed by atoms with van der Waals surface area (Å²) in [5.74, 6) is 0. The van der Waals surface area contributed by atoms with E-state index in [2.05, 4.69) is 23.7 Å². The van der Waals surface area contributed by atoms with E-state index in [1.54, 1.807) is 42.6 Å². The number of ether oxygens (including phenoxy) is 1. The first-order valence-electron chi connectivity index (χ1n) is 10.9. The number of halogens is 2. The van der Waals surface area contributed by atoms with Gasteiger partial charge in [0.2, 0.25) is 0 Å². The molecule has 1 aliphatic heterocycles. The maximum Gasteiger partial charge on any atom is 0.340 e. The summed E-state index contributed by atoms with van der Waals surface area (Å²) in [6, 6.07) is 14.2. The van der Waals surface area contributed by atoms with E-state index in [1.807, 2.05) is 12.1 Å². The van der Waals surface area contributed by atoms with E-state index in [0.717, 1.165) is 10.3 Å². The van der Waals surface area contributed by atoms with Crippen molar-refractivity contribution in [2.45, 2.75) is 25.9 Å². The molecule has 1 saturated heterocycles. The maximum absolute atomic E-state index is 13.8. The van der Waals surface area contributed by atoms with Gasteiger partial charge in [0.15, 0.2) is 0 Å². The molecule has 0 amide bonds. The highest BCUT2D eigenvalue weighted by molar-refractivity contribution is 6.42. The Morgan fingerprint density at radius 1 is 0.882 bits per heavy atom. The number of benzene rings is 2. The van der Waals surface area contributed by atoms with Gasteiger partial charge >= 0.3 is 5.69 Å². The minimum absolute atomic E-state index is 0.141. The van der Waals surface area contributed by atoms with Crippen molar-refractivity contribution in [2.75, 3.05) is 18.1 Å². The molecule has 4 aromatic rings. The predicted molar refractivity (Wildman–Crippen MR) is 135 cm³/mol. The average molecular weight is 497 g/mol. The smallest absolute Gasteiger partial charge is 0.340 e. The first-order valence-corrected chi connectivity index (χ1v) is 11.7. The predicted octanol–water partition coefficient (Wildman–Crippen LogP) is 4.46. The number of hydrogen-bond donors (Lipinski definition) is 0. The molecular weight excluding hydrogens is 475 g/mol. The monoisotopic (exact) mass is 496 g/mol. The molecule has 5 rings (SSSR count). The van der Waals surface area contributed by atoms with Crippen LogP contribution in [-0.2, 0) is 4.74 Å². The number of pyridine rings is 1. The minimum Gasteiger partial charge on any atom is -0.377 e. The highest BCUT2D eigenvalue weighted by Gasteiger charge is 2.27. The molecule has 9 heteroatoms. The van der Waals surface area contributed by atoms with Gasteiger partial charge in [-0.3, -0.25) is 14.3 Å². The molecule has 174 valence electrons. The number of anilines is 1. The molecule has 1 fully saturated rings. The van der Waals surface area contributed by atoms with Gasteiger partial charge in [-0.05, 0) is 62.4 Å². The quantitative estimate of drug-likeness (QED) is 0.418. The van der Waals surface area contributed by atoms with E-state index >= 15 is 0 Å². The van der Waals surface area contributed by atoms with Crippen molar-refractivity contribution in [3.05, 3.63) is 91.8 Å². The lowest BCUT2D eigenvalue weighted by atomic mass is 10.1. The molecule has 0 spiro atoms. The third kappa shape index (κ3) is 3.79. The SMILES string of the molecule is CC1COCC(C)N1c1ccc2c(=O)n(-c3cccnc3)c(=O)n(-c3ccc(Cl)c(Cl)c3)c2c1. The molecular formula is C25H22Cl2N4O3. The van der Waals surface area contributed by atoms with E-state index in [-0.39, 0.29) is 12.1 Å². The Bertz CT molecular complexity index is 1490. The second-order valence-electron chi connectivity index (χ2n) is 8.41. The van der Waals surface area contributed by atoms with Gasteiger partial charge in [-0.1, -0.05) is 23.2 Å². The average Bonchev–Trinajstić information content (AvgIpc) is 2.82. The van der Waals surface area contributed by atoms with Crippen molar-refractivity contribution in [3.8, 4) is 11.4 Å². The third-order valence-electron chi connectivity index (χ3n) is 6.07. The van der Waals surface area contributed by atoms with Crippen molar-refractivity contribution in [2.24, 2.45) is 0 Å². The summed E-state index contributed by atoms with van der Waals surface area (Å²) >= 11 is 12.4. The van der Waals surface area contributed by atoms with Gasteiger partial charge in [0.25, 0.3) is 5.56 Å². The number of fused-ring (bicyclic) bond motifs is 1. The van der Waals surface area contributed by atoms with Crippen LogP contribution in [0.4, 0.5) is 5.69 Å². The first-order chi connectivity index (χ1) is 16.4. The van der Waals surface area contributed by atoms with Gasteiger partial charge in [0.05, 0.1) is 51.7 Å². The van der Waals surface area contributed by atoms with Gasteiger partial charge in [-0.25, -0.2) is 9.36 Å². The molecule has 2 aromatic heterocycles. The summed E-state index contributed by atoms with van der Waals surface area (Å²) in [5.41, 5.74) is 1.33. The van der Waals surface area contributed by atoms with Crippen LogP contribution in [0.3, 0.4) is 0 Å². The number of hydrogen-bond acceptors (Lipinski definition) is 5. The summed E-state index contributed by atoms with van der Waals surface area (Å²) < 4.78 is 8.28. The Balaban J connectivity index is 1.85. The Kier molecular flexibility index (Phi) is 5.93. The van der Waals surface area contributed by atoms with Crippen LogP contribution in [0.2, 0.25) is 10.0 Å². The van der Waals surface area contributed by atoms with Crippen molar-refractivity contribution in [1.82, 2.24) is 14.1 Å². The van der Waals surface area contributed by atoms with Crippen LogP contribution in [0.15, 0.2) is 70.5 Å². The van der Waals surface area contributed by atoms with Crippen molar-refractivity contribution in [1.29, 1.82) is 0 Å². The second-order valence-corrected chi connectivity index (χ2v) is 9.23. The van der Waals surface area contributed by atoms with Crippen LogP contribution in [0.1, 0.15) is 13.8 Å². The van der Waals surface area contributed by atoms with Crippen LogP contribution in [-0.4, -0.2) is 39.4 Å². The van der Waals surface area contributed by atoms with Gasteiger partial charge in [-0.15, -0.1) is 0 Å². The number of aromatic nitrogens is 3. The summed E-state index contributed by atoms with van der Waals surface area (Å²) in [4.78, 5) is 33.6. The molecule has 0 N–H and O–H groups in total. The Hall–Kier alpha value is -3.13. The summed E-state index contributed by atoms with van der Waals surface area (Å²) in [6.45, 7) is 5.38. The molecule has 0 aliphatic carbocycles. The lowest BCUT2D eigenvalue weighted by Crippen LogP contribution is -2.49. The zero-order valence-electron chi connectivity index (χ0n) is 18.6. The molecule has 34 heavy (non-hydrogen) atoms. The summed E-state index contributed by atoms with van der Waals surface area (Å²) in [5, 5.41) is 1.08. The topological polar surface area (TPSA) is 69.4 Å². The lowest BCUT2D eigenvalue weighted by molar-refractivity contribution is 0.0757. The number of nitrogens with zero attached hydrogens (tertiary/aromatic N) is 4. The Morgan fingerprint density at radius 2 is 1.62 bits per heavy atom. The highest BCUT2D eigenvalue weighted by atomic mass is 35.5. The zero-order chi connectivity index (χ0) is 24.0. The van der Waals surface area contributed by atoms with Gasteiger partial charge in [0, 0.05) is 24.0 Å². The Morgan fingerprint density at radius 3 is 2.29 bits per heavy atom. The van der Waals surface area contributed by atoms with Crippen LogP contribution in [0, 0.1) is 0 Å². The van der Waals surface area contributed by atoms with Crippen LogP contribution < -0.4 is 16.1 Å². The molecule has 0 radical (unpaired) electrons. The third-order valence-corrected chi connectivity index (χ3v) is 6.81. The molecule has 3 heterocycles. The number of morpholine rings is 1. The van der Waals surface area contributed by atoms with Crippen molar-refractivity contribution < 1.29 is 4.74 Å². The van der Waals surface area contributed by atoms with E-state index < -0.39 is 11.2 Å². The molecule has 2 unspecified atom stereocenters. The molecule has 0 saturated carbocycles. The van der Waals surface area contributed by atoms with E-state index in [1.165, 1.54) is 10.8 Å². The Labute approximate surface area is 205 Å². The maximum atomic E-state index is 13.8. The largest absolute Gasteiger partial charge is 0.377 e. The van der Waals surface area contributed by atoms with Crippen molar-refractivity contribution in [3.63, 3.8) is 0 Å². The molecule has 0 bridgehead atoms. The zero-order valence-corrected chi connectivity index (χ0v) is 20.1. The highest BCUT2D eigenvalue weighted by Crippen LogP contribution is 2.29. The van der Waals surface area contributed by atoms with E-state index in [0.29, 0.717) is 45.5 Å². The summed E-state index contributed by atoms with van der Waals surface area (Å²) in [7, 11) is 0. The van der Waals surface area contributed by atoms with Gasteiger partial charge < -0.3 is 9.64 Å². The van der Waals surface area contributed by atoms with E-state index in [4.69, 9.17) is 27.9 Å². The molecule has 1 aliphatic rings. The second kappa shape index (κ2) is 8.91. The van der Waals surface area contributed by atoms with Gasteiger partial charge in [-0.2, -0.15) is 0 Å². The van der Waals surface area contributed by atoms with Crippen LogP contribution in [0.5, 0.6) is 0 Å². The van der Waals surface area contributed by atoms with Crippen LogP contribution in [0.25, 0.3) is 22.3 Å². The van der Waals surface area contributed by atoms with E-state index in [9.17, 15) is 9.59 Å². The normalized spacial score (nSPS) is 18.4. The van der Waals surface area contributed by atoms with Gasteiger partial charge in [0.1, 0.15) is 0 Å². The first kappa shape index (κ1) is 22.7. The number of rotatable bonds is 3. The minimum atomic E-state index is -0.524. The molecule has 2 atom stereocenters. The summed E-state index contributed by atoms with van der Waals surface area (Å²) in [6.07, 6.45) is 3.07. The standard InChI is InChI=1S/C25H22Cl2N4O3/c1-15-13-34-14-16(2)29(15)18-5-7-20-23(11-18)30(17-6-8-21(26)22(27)10-17)25(33)31(24(20)32)19-4-3-9-28-12-19/h3-12,15-16H,13-14H2,1-2H3. The lowest BCUT2D eigenvalue weighted by Gasteiger charge is -2.40. The van der Waals surface area contributed by atoms with Crippen molar-refractivity contribution >= 4 is 39.8 Å². The molecule has 7 nitrogen and oxygen atoms in total. The fraction of sp³-hybridized carbons (Fsp3) is 0.240. The fourth-order valence-electron chi connectivity index (χ4n) is 4.56. The van der Waals surface area contributed by atoms with Crippen LogP contribution >= 0.6 is 23.2 Å². The fourth-order valence-corrected chi connectivity index (χ4v) is 4.85. The molecule has 2 aromatic carbocycles.